The van der Waals surface area contributed by atoms with Gasteiger partial charge in [0.2, 0.25) is 0 Å². The molecule has 0 saturated carbocycles. The van der Waals surface area contributed by atoms with Crippen molar-refractivity contribution in [1.82, 2.24) is 15.1 Å². The van der Waals surface area contributed by atoms with E-state index in [1.165, 1.54) is 12.1 Å². The third-order valence-electron chi connectivity index (χ3n) is 3.45. The zero-order valence-electron chi connectivity index (χ0n) is 12.4. The van der Waals surface area contributed by atoms with Crippen LogP contribution in [0.1, 0.15) is 43.0 Å². The SMILES string of the molecule is CCCCCCNC(=O)n1[nH]c2cccc(C(=O)O)c2c1=O. The smallest absolute Gasteiger partial charge is 0.343 e. The van der Waals surface area contributed by atoms with Gasteiger partial charge in [0.25, 0.3) is 5.56 Å². The average molecular weight is 305 g/mol. The fourth-order valence-corrected chi connectivity index (χ4v) is 2.31. The number of hydrogen-bond donors (Lipinski definition) is 3. The number of fused-ring (bicyclic) bond motifs is 1. The lowest BCUT2D eigenvalue weighted by Gasteiger charge is -2.04. The van der Waals surface area contributed by atoms with Gasteiger partial charge in [0.15, 0.2) is 0 Å². The summed E-state index contributed by atoms with van der Waals surface area (Å²) in [6, 6.07) is 3.85. The molecule has 118 valence electrons. The highest BCUT2D eigenvalue weighted by molar-refractivity contribution is 6.02. The van der Waals surface area contributed by atoms with Crippen molar-refractivity contribution in [3.63, 3.8) is 0 Å². The summed E-state index contributed by atoms with van der Waals surface area (Å²) in [5.41, 5.74) is -0.446. The van der Waals surface area contributed by atoms with E-state index < -0.39 is 17.6 Å². The highest BCUT2D eigenvalue weighted by Gasteiger charge is 2.18. The van der Waals surface area contributed by atoms with Gasteiger partial charge in [-0.25, -0.2) is 9.59 Å². The fourth-order valence-electron chi connectivity index (χ4n) is 2.31. The van der Waals surface area contributed by atoms with Crippen molar-refractivity contribution in [3.8, 4) is 0 Å². The van der Waals surface area contributed by atoms with Crippen molar-refractivity contribution in [2.75, 3.05) is 6.54 Å². The zero-order chi connectivity index (χ0) is 16.1. The summed E-state index contributed by atoms with van der Waals surface area (Å²) in [4.78, 5) is 35.4. The van der Waals surface area contributed by atoms with Gasteiger partial charge in [0.05, 0.1) is 16.5 Å². The molecule has 1 aromatic carbocycles. The standard InChI is InChI=1S/C15H19N3O4/c1-2-3-4-5-9-16-15(22)18-13(19)12-10(14(20)21)7-6-8-11(12)17-18/h6-8,17H,2-5,9H2,1H3,(H,16,22)(H,20,21). The van der Waals surface area contributed by atoms with Gasteiger partial charge in [0, 0.05) is 6.54 Å². The number of hydrogen-bond acceptors (Lipinski definition) is 3. The number of carbonyl (C=O) groups is 2. The third kappa shape index (κ3) is 3.19. The predicted octanol–water partition coefficient (Wildman–Crippen LogP) is 2.17. The van der Waals surface area contributed by atoms with Gasteiger partial charge >= 0.3 is 12.0 Å². The number of unbranched alkanes of at least 4 members (excludes halogenated alkanes) is 3. The second-order valence-electron chi connectivity index (χ2n) is 5.08. The normalized spacial score (nSPS) is 10.8. The molecule has 0 saturated heterocycles. The fraction of sp³-hybridized carbons (Fsp3) is 0.400. The molecule has 7 nitrogen and oxygen atoms in total. The maximum atomic E-state index is 12.2. The van der Waals surface area contributed by atoms with Gasteiger partial charge in [-0.1, -0.05) is 32.3 Å². The summed E-state index contributed by atoms with van der Waals surface area (Å²) in [6.45, 7) is 2.58. The third-order valence-corrected chi connectivity index (χ3v) is 3.45. The van der Waals surface area contributed by atoms with Gasteiger partial charge in [0.1, 0.15) is 0 Å². The Balaban J connectivity index is 2.20. The largest absolute Gasteiger partial charge is 0.478 e. The second kappa shape index (κ2) is 6.93. The molecule has 0 aliphatic carbocycles. The molecule has 0 unspecified atom stereocenters. The highest BCUT2D eigenvalue weighted by Crippen LogP contribution is 2.13. The molecular formula is C15H19N3O4. The minimum Gasteiger partial charge on any atom is -0.478 e. The number of amides is 1. The molecule has 0 fully saturated rings. The molecule has 0 bridgehead atoms. The van der Waals surface area contributed by atoms with Crippen LogP contribution in [0.5, 0.6) is 0 Å². The van der Waals surface area contributed by atoms with Crippen LogP contribution in [-0.2, 0) is 0 Å². The number of nitrogens with one attached hydrogen (secondary N) is 2. The molecule has 22 heavy (non-hydrogen) atoms. The first-order valence-electron chi connectivity index (χ1n) is 7.31. The number of carboxylic acid groups (broad SMARTS) is 1. The van der Waals surface area contributed by atoms with Crippen LogP contribution in [0, 0.1) is 0 Å². The Bertz CT molecular complexity index is 745. The highest BCUT2D eigenvalue weighted by atomic mass is 16.4. The summed E-state index contributed by atoms with van der Waals surface area (Å²) < 4.78 is 0.816. The minimum absolute atomic E-state index is 0.0103. The lowest BCUT2D eigenvalue weighted by atomic mass is 10.1. The van der Waals surface area contributed by atoms with Crippen molar-refractivity contribution in [2.24, 2.45) is 0 Å². The number of benzene rings is 1. The van der Waals surface area contributed by atoms with Gasteiger partial charge in [-0.3, -0.25) is 9.89 Å². The van der Waals surface area contributed by atoms with Gasteiger partial charge in [-0.15, -0.1) is 0 Å². The summed E-state index contributed by atoms with van der Waals surface area (Å²) in [6.07, 6.45) is 4.06. The lowest BCUT2D eigenvalue weighted by molar-refractivity contribution is 0.0699. The Hall–Kier alpha value is -2.57. The van der Waals surface area contributed by atoms with Crippen LogP contribution >= 0.6 is 0 Å². The van der Waals surface area contributed by atoms with Gasteiger partial charge in [-0.2, -0.15) is 4.68 Å². The van der Waals surface area contributed by atoms with Crippen molar-refractivity contribution in [2.45, 2.75) is 32.6 Å². The summed E-state index contributed by atoms with van der Waals surface area (Å²) in [5.74, 6) is -1.20. The molecule has 0 spiro atoms. The maximum Gasteiger partial charge on any atom is 0.343 e. The Kier molecular flexibility index (Phi) is 4.98. The van der Waals surface area contributed by atoms with Crippen LogP contribution in [0.3, 0.4) is 0 Å². The number of carboxylic acids is 1. The van der Waals surface area contributed by atoms with Crippen LogP contribution in [0.15, 0.2) is 23.0 Å². The van der Waals surface area contributed by atoms with E-state index in [4.69, 9.17) is 5.11 Å². The van der Waals surface area contributed by atoms with Gasteiger partial charge < -0.3 is 10.4 Å². The first-order valence-corrected chi connectivity index (χ1v) is 7.31. The van der Waals surface area contributed by atoms with Gasteiger partial charge in [-0.05, 0) is 18.6 Å². The molecule has 3 N–H and O–H groups in total. The number of nitrogens with zero attached hydrogens (tertiary/aromatic N) is 1. The van der Waals surface area contributed by atoms with Crippen LogP contribution in [0.25, 0.3) is 10.9 Å². The second-order valence-corrected chi connectivity index (χ2v) is 5.08. The minimum atomic E-state index is -1.20. The van der Waals surface area contributed by atoms with E-state index in [9.17, 15) is 14.4 Å². The number of aromatic nitrogens is 2. The monoisotopic (exact) mass is 305 g/mol. The number of carbonyl (C=O) groups excluding carboxylic acids is 1. The van der Waals surface area contributed by atoms with E-state index in [-0.39, 0.29) is 10.9 Å². The average Bonchev–Trinajstić information content (AvgIpc) is 2.84. The number of aromatic carboxylic acids is 1. The summed E-state index contributed by atoms with van der Waals surface area (Å²) >= 11 is 0. The van der Waals surface area contributed by atoms with Crippen LogP contribution in [-0.4, -0.2) is 33.4 Å². The van der Waals surface area contributed by atoms with Crippen molar-refractivity contribution in [1.29, 1.82) is 0 Å². The van der Waals surface area contributed by atoms with Crippen molar-refractivity contribution < 1.29 is 14.7 Å². The Labute approximate surface area is 126 Å². The summed E-state index contributed by atoms with van der Waals surface area (Å²) in [7, 11) is 0. The number of H-pyrrole nitrogens is 1. The molecule has 0 aliphatic rings. The molecule has 1 aromatic heterocycles. The van der Waals surface area contributed by atoms with E-state index in [2.05, 4.69) is 17.3 Å². The van der Waals surface area contributed by atoms with Crippen molar-refractivity contribution in [3.05, 3.63) is 34.1 Å². The quantitative estimate of drug-likeness (QED) is 0.711. The Morgan fingerprint density at radius 1 is 1.27 bits per heavy atom. The lowest BCUT2D eigenvalue weighted by Crippen LogP contribution is -2.36. The molecule has 0 radical (unpaired) electrons. The van der Waals surface area contributed by atoms with E-state index in [1.54, 1.807) is 6.07 Å². The van der Waals surface area contributed by atoms with E-state index in [1.807, 2.05) is 0 Å². The molecular weight excluding hydrogens is 286 g/mol. The molecule has 0 atom stereocenters. The molecule has 0 aliphatic heterocycles. The van der Waals surface area contributed by atoms with Crippen molar-refractivity contribution >= 4 is 22.9 Å². The van der Waals surface area contributed by atoms with Crippen LogP contribution in [0.4, 0.5) is 4.79 Å². The Morgan fingerprint density at radius 3 is 2.73 bits per heavy atom. The van der Waals surface area contributed by atoms with E-state index >= 15 is 0 Å². The topological polar surface area (TPSA) is 104 Å². The first kappa shape index (κ1) is 15.8. The maximum absolute atomic E-state index is 12.2. The molecule has 1 heterocycles. The number of rotatable bonds is 6. The Morgan fingerprint density at radius 2 is 2.05 bits per heavy atom. The van der Waals surface area contributed by atoms with E-state index in [0.29, 0.717) is 12.1 Å². The first-order chi connectivity index (χ1) is 10.6. The molecule has 2 aromatic rings. The predicted molar refractivity (Wildman–Crippen MR) is 82.5 cm³/mol. The molecule has 7 heteroatoms. The van der Waals surface area contributed by atoms with Crippen LogP contribution in [0.2, 0.25) is 0 Å². The zero-order valence-corrected chi connectivity index (χ0v) is 12.4. The van der Waals surface area contributed by atoms with E-state index in [0.717, 1.165) is 30.4 Å². The number of aromatic amines is 1. The summed E-state index contributed by atoms with van der Waals surface area (Å²) in [5, 5.41) is 14.4. The molecule has 1 amide bonds. The van der Waals surface area contributed by atoms with Crippen LogP contribution < -0.4 is 10.9 Å². The molecule has 2 rings (SSSR count).